The molecule has 0 aromatic carbocycles. The molecular formula is C20H21N3O2S2. The highest BCUT2D eigenvalue weighted by molar-refractivity contribution is 7.99. The van der Waals surface area contributed by atoms with Crippen LogP contribution in [0, 0.1) is 5.41 Å². The molecule has 0 aliphatic heterocycles. The summed E-state index contributed by atoms with van der Waals surface area (Å²) in [4.78, 5) is 39.1. The number of hydrogen-bond acceptors (Lipinski definition) is 6. The maximum absolute atomic E-state index is 13.0. The van der Waals surface area contributed by atoms with Crippen LogP contribution in [0.2, 0.25) is 0 Å². The summed E-state index contributed by atoms with van der Waals surface area (Å²) in [6, 6.07) is 3.88. The molecule has 0 bridgehead atoms. The maximum Gasteiger partial charge on any atom is 0.261 e. The highest BCUT2D eigenvalue weighted by Gasteiger charge is 2.35. The SMILES string of the molecule is CC(C)Sc1nc2nc3c(c(-c4cccs4)c2c(=O)[nH]1)C(=O)CC(C)(C)C3. The van der Waals surface area contributed by atoms with Crippen molar-refractivity contribution in [1.29, 1.82) is 0 Å². The number of H-pyrrole nitrogens is 1. The first-order chi connectivity index (χ1) is 12.7. The molecule has 140 valence electrons. The number of Topliss-reactive ketones (excluding diaryl/α,β-unsaturated/α-hetero) is 1. The number of hydrogen-bond donors (Lipinski definition) is 1. The van der Waals surface area contributed by atoms with Gasteiger partial charge in [-0.3, -0.25) is 9.59 Å². The number of fused-ring (bicyclic) bond motifs is 2. The van der Waals surface area contributed by atoms with Gasteiger partial charge < -0.3 is 4.98 Å². The smallest absolute Gasteiger partial charge is 0.261 e. The number of rotatable bonds is 3. The third-order valence-corrected chi connectivity index (χ3v) is 6.36. The molecule has 0 fully saturated rings. The monoisotopic (exact) mass is 399 g/mol. The van der Waals surface area contributed by atoms with Gasteiger partial charge in [-0.1, -0.05) is 45.5 Å². The van der Waals surface area contributed by atoms with Crippen molar-refractivity contribution in [3.8, 4) is 10.4 Å². The molecule has 1 N–H and O–H groups in total. The van der Waals surface area contributed by atoms with Crippen LogP contribution in [-0.4, -0.2) is 26.0 Å². The molecule has 0 atom stereocenters. The van der Waals surface area contributed by atoms with Crippen molar-refractivity contribution in [2.45, 2.75) is 50.9 Å². The van der Waals surface area contributed by atoms with Crippen LogP contribution in [-0.2, 0) is 6.42 Å². The summed E-state index contributed by atoms with van der Waals surface area (Å²) in [5.74, 6) is 0.0547. The van der Waals surface area contributed by atoms with E-state index in [9.17, 15) is 9.59 Å². The van der Waals surface area contributed by atoms with Crippen molar-refractivity contribution in [1.82, 2.24) is 15.0 Å². The first-order valence-corrected chi connectivity index (χ1v) is 10.7. The van der Waals surface area contributed by atoms with E-state index in [2.05, 4.69) is 23.8 Å². The van der Waals surface area contributed by atoms with Crippen LogP contribution in [0.3, 0.4) is 0 Å². The molecule has 0 saturated heterocycles. The summed E-state index contributed by atoms with van der Waals surface area (Å²) >= 11 is 3.02. The highest BCUT2D eigenvalue weighted by atomic mass is 32.2. The minimum Gasteiger partial charge on any atom is -0.301 e. The van der Waals surface area contributed by atoms with Crippen LogP contribution in [0.15, 0.2) is 27.5 Å². The number of thioether (sulfide) groups is 1. The van der Waals surface area contributed by atoms with Gasteiger partial charge in [0.05, 0.1) is 11.1 Å². The molecule has 3 heterocycles. The van der Waals surface area contributed by atoms with E-state index in [4.69, 9.17) is 4.98 Å². The lowest BCUT2D eigenvalue weighted by Crippen LogP contribution is -2.29. The molecule has 0 amide bonds. The van der Waals surface area contributed by atoms with Gasteiger partial charge in [-0.05, 0) is 23.3 Å². The lowest BCUT2D eigenvalue weighted by molar-refractivity contribution is 0.0911. The fourth-order valence-corrected chi connectivity index (χ4v) is 5.13. The summed E-state index contributed by atoms with van der Waals surface area (Å²) in [5.41, 5.74) is 2.09. The number of ketones is 1. The second-order valence-corrected chi connectivity index (χ2v) is 10.5. The summed E-state index contributed by atoms with van der Waals surface area (Å²) in [7, 11) is 0. The van der Waals surface area contributed by atoms with E-state index in [-0.39, 0.29) is 16.8 Å². The third-order valence-electron chi connectivity index (χ3n) is 4.59. The number of aromatic nitrogens is 3. The average molecular weight is 400 g/mol. The average Bonchev–Trinajstić information content (AvgIpc) is 3.04. The molecule has 3 aromatic heterocycles. The van der Waals surface area contributed by atoms with E-state index in [0.717, 1.165) is 10.6 Å². The second kappa shape index (κ2) is 6.56. The Labute approximate surface area is 165 Å². The number of pyridine rings is 1. The van der Waals surface area contributed by atoms with Gasteiger partial charge in [-0.15, -0.1) is 11.3 Å². The van der Waals surface area contributed by atoms with E-state index in [1.807, 2.05) is 31.4 Å². The van der Waals surface area contributed by atoms with Gasteiger partial charge in [0, 0.05) is 27.7 Å². The summed E-state index contributed by atoms with van der Waals surface area (Å²) in [6.07, 6.45) is 1.15. The standard InChI is InChI=1S/C20H21N3O2S2/c1-10(2)27-19-22-17-16(18(25)23-19)15(13-6-5-7-26-13)14-11(21-17)8-20(3,4)9-12(14)24/h5-7,10H,8-9H2,1-4H3,(H,21,22,23,25). The number of carbonyl (C=O) groups excluding carboxylic acids is 1. The Hall–Kier alpha value is -1.99. The van der Waals surface area contributed by atoms with Gasteiger partial charge >= 0.3 is 0 Å². The molecule has 1 aliphatic rings. The first-order valence-electron chi connectivity index (χ1n) is 8.96. The minimum atomic E-state index is -0.237. The lowest BCUT2D eigenvalue weighted by atomic mass is 9.74. The van der Waals surface area contributed by atoms with Crippen LogP contribution in [0.1, 0.15) is 50.2 Å². The third kappa shape index (κ3) is 3.34. The molecule has 0 radical (unpaired) electrons. The molecule has 4 rings (SSSR count). The van der Waals surface area contributed by atoms with E-state index in [0.29, 0.717) is 45.4 Å². The van der Waals surface area contributed by atoms with Gasteiger partial charge in [0.1, 0.15) is 0 Å². The molecule has 27 heavy (non-hydrogen) atoms. The van der Waals surface area contributed by atoms with Gasteiger partial charge in [-0.2, -0.15) is 0 Å². The zero-order valence-corrected chi connectivity index (χ0v) is 17.4. The Morgan fingerprint density at radius 2 is 1.96 bits per heavy atom. The normalized spacial score (nSPS) is 16.1. The van der Waals surface area contributed by atoms with Crippen molar-refractivity contribution in [2.24, 2.45) is 5.41 Å². The molecule has 5 nitrogen and oxygen atoms in total. The van der Waals surface area contributed by atoms with Crippen LogP contribution in [0.25, 0.3) is 21.5 Å². The van der Waals surface area contributed by atoms with E-state index in [1.165, 1.54) is 23.1 Å². The van der Waals surface area contributed by atoms with Crippen LogP contribution in [0.5, 0.6) is 0 Å². The number of thiophene rings is 1. The maximum atomic E-state index is 13.0. The first kappa shape index (κ1) is 18.4. The summed E-state index contributed by atoms with van der Waals surface area (Å²) in [5, 5.41) is 3.22. The van der Waals surface area contributed by atoms with Gasteiger partial charge in [0.15, 0.2) is 16.6 Å². The van der Waals surface area contributed by atoms with E-state index >= 15 is 0 Å². The van der Waals surface area contributed by atoms with E-state index < -0.39 is 0 Å². The number of nitrogens with zero attached hydrogens (tertiary/aromatic N) is 2. The van der Waals surface area contributed by atoms with Crippen molar-refractivity contribution in [2.75, 3.05) is 0 Å². The van der Waals surface area contributed by atoms with Gasteiger partial charge in [-0.25, -0.2) is 9.97 Å². The topological polar surface area (TPSA) is 75.7 Å². The number of nitrogens with one attached hydrogen (secondary N) is 1. The van der Waals surface area contributed by atoms with E-state index in [1.54, 1.807) is 0 Å². The summed E-state index contributed by atoms with van der Waals surface area (Å²) < 4.78 is 0. The number of carbonyl (C=O) groups is 1. The lowest BCUT2D eigenvalue weighted by Gasteiger charge is -2.30. The van der Waals surface area contributed by atoms with Crippen molar-refractivity contribution in [3.05, 3.63) is 39.1 Å². The number of aromatic amines is 1. The Bertz CT molecular complexity index is 1100. The Kier molecular flexibility index (Phi) is 4.47. The van der Waals surface area contributed by atoms with Gasteiger partial charge in [0.25, 0.3) is 5.56 Å². The fraction of sp³-hybridized carbons (Fsp3) is 0.400. The Morgan fingerprint density at radius 3 is 2.63 bits per heavy atom. The molecule has 0 unspecified atom stereocenters. The largest absolute Gasteiger partial charge is 0.301 e. The molecule has 7 heteroatoms. The molecule has 0 saturated carbocycles. The Morgan fingerprint density at radius 1 is 1.19 bits per heavy atom. The predicted molar refractivity (Wildman–Crippen MR) is 111 cm³/mol. The quantitative estimate of drug-likeness (QED) is 0.510. The van der Waals surface area contributed by atoms with Crippen LogP contribution in [0.4, 0.5) is 0 Å². The zero-order valence-electron chi connectivity index (χ0n) is 15.8. The van der Waals surface area contributed by atoms with Crippen LogP contribution >= 0.6 is 23.1 Å². The Balaban J connectivity index is 2.08. The minimum absolute atomic E-state index is 0.0547. The van der Waals surface area contributed by atoms with Crippen molar-refractivity contribution < 1.29 is 4.79 Å². The van der Waals surface area contributed by atoms with Gasteiger partial charge in [0.2, 0.25) is 0 Å². The predicted octanol–water partition coefficient (Wildman–Crippen LogP) is 4.70. The fourth-order valence-electron chi connectivity index (χ4n) is 3.61. The molecule has 1 aliphatic carbocycles. The van der Waals surface area contributed by atoms with Crippen molar-refractivity contribution in [3.63, 3.8) is 0 Å². The zero-order chi connectivity index (χ0) is 19.3. The molecule has 3 aromatic rings. The summed E-state index contributed by atoms with van der Waals surface area (Å²) in [6.45, 7) is 8.26. The highest BCUT2D eigenvalue weighted by Crippen LogP contribution is 2.41. The van der Waals surface area contributed by atoms with Crippen molar-refractivity contribution >= 4 is 39.9 Å². The molecular weight excluding hydrogens is 378 g/mol. The second-order valence-electron chi connectivity index (χ2n) is 7.96. The molecule has 0 spiro atoms. The van der Waals surface area contributed by atoms with Crippen LogP contribution < -0.4 is 5.56 Å².